The van der Waals surface area contributed by atoms with Crippen LogP contribution in [-0.4, -0.2) is 40.1 Å². The van der Waals surface area contributed by atoms with Gasteiger partial charge in [-0.1, -0.05) is 11.3 Å². The third kappa shape index (κ3) is 4.41. The summed E-state index contributed by atoms with van der Waals surface area (Å²) in [4.78, 5) is 30.4. The molecule has 1 aliphatic heterocycles. The first-order valence-electron chi connectivity index (χ1n) is 8.46. The van der Waals surface area contributed by atoms with Crippen LogP contribution in [0, 0.1) is 12.8 Å². The lowest BCUT2D eigenvalue weighted by atomic mass is 10.1. The smallest absolute Gasteiger partial charge is 0.229 e. The predicted octanol–water partition coefficient (Wildman–Crippen LogP) is 1.45. The minimum Gasteiger partial charge on any atom is -0.374 e. The van der Waals surface area contributed by atoms with E-state index in [9.17, 15) is 9.59 Å². The Kier molecular flexibility index (Phi) is 5.89. The molecule has 0 aliphatic carbocycles. The monoisotopic (exact) mass is 375 g/mol. The van der Waals surface area contributed by atoms with Crippen molar-refractivity contribution in [2.24, 2.45) is 5.92 Å². The summed E-state index contributed by atoms with van der Waals surface area (Å²) in [7, 11) is 0. The van der Waals surface area contributed by atoms with E-state index in [1.807, 2.05) is 26.0 Å². The average molecular weight is 375 g/mol. The molecule has 1 unspecified atom stereocenters. The summed E-state index contributed by atoms with van der Waals surface area (Å²) < 4.78 is 5.30. The summed E-state index contributed by atoms with van der Waals surface area (Å²) in [6.45, 7) is 5.53. The Balaban J connectivity index is 1.56. The maximum absolute atomic E-state index is 12.4. The Bertz CT molecular complexity index is 794. The number of nitrogens with one attached hydrogen (secondary N) is 1. The van der Waals surface area contributed by atoms with E-state index >= 15 is 0 Å². The summed E-state index contributed by atoms with van der Waals surface area (Å²) in [6.07, 6.45) is 1.90. The van der Waals surface area contributed by atoms with Gasteiger partial charge in [-0.15, -0.1) is 10.2 Å². The number of ether oxygens (including phenoxy) is 1. The van der Waals surface area contributed by atoms with Gasteiger partial charge in [0.2, 0.25) is 16.9 Å². The van der Waals surface area contributed by atoms with E-state index in [0.717, 1.165) is 16.3 Å². The van der Waals surface area contributed by atoms with Crippen LogP contribution in [0.1, 0.15) is 29.6 Å². The molecule has 2 aromatic rings. The molecule has 0 bridgehead atoms. The highest BCUT2D eigenvalue weighted by Gasteiger charge is 2.36. The van der Waals surface area contributed by atoms with Crippen molar-refractivity contribution in [3.05, 3.63) is 34.6 Å². The van der Waals surface area contributed by atoms with Crippen LogP contribution in [0.3, 0.4) is 0 Å². The van der Waals surface area contributed by atoms with E-state index in [0.29, 0.717) is 31.4 Å². The zero-order valence-electron chi connectivity index (χ0n) is 14.8. The van der Waals surface area contributed by atoms with Gasteiger partial charge in [0.15, 0.2) is 0 Å². The molecule has 138 valence electrons. The molecule has 1 fully saturated rings. The molecular formula is C17H21N5O3S. The quantitative estimate of drug-likeness (QED) is 0.787. The van der Waals surface area contributed by atoms with Crippen LogP contribution in [0.15, 0.2) is 18.3 Å². The first-order valence-corrected chi connectivity index (χ1v) is 9.28. The second-order valence-corrected chi connectivity index (χ2v) is 7.08. The zero-order chi connectivity index (χ0) is 18.5. The van der Waals surface area contributed by atoms with Crippen molar-refractivity contribution >= 4 is 28.3 Å². The third-order valence-electron chi connectivity index (χ3n) is 4.04. The summed E-state index contributed by atoms with van der Waals surface area (Å²) >= 11 is 1.32. The second-order valence-electron chi connectivity index (χ2n) is 6.04. The van der Waals surface area contributed by atoms with Gasteiger partial charge in [-0.25, -0.2) is 0 Å². The molecule has 3 rings (SSSR count). The minimum absolute atomic E-state index is 0.107. The fourth-order valence-corrected chi connectivity index (χ4v) is 3.52. The SMILES string of the molecule is CCOCc1nnc(N2CC(C(=O)NCc3ccnc(C)c3)CC2=O)s1. The molecule has 9 heteroatoms. The molecule has 8 nitrogen and oxygen atoms in total. The number of hydrogen-bond acceptors (Lipinski definition) is 7. The Morgan fingerprint density at radius 2 is 2.31 bits per heavy atom. The highest BCUT2D eigenvalue weighted by molar-refractivity contribution is 7.15. The predicted molar refractivity (Wildman–Crippen MR) is 96.5 cm³/mol. The van der Waals surface area contributed by atoms with Gasteiger partial charge < -0.3 is 10.1 Å². The van der Waals surface area contributed by atoms with E-state index in [-0.39, 0.29) is 24.2 Å². The van der Waals surface area contributed by atoms with Crippen molar-refractivity contribution in [1.29, 1.82) is 0 Å². The maximum Gasteiger partial charge on any atom is 0.229 e. The average Bonchev–Trinajstić information content (AvgIpc) is 3.24. The Hall–Kier alpha value is -2.39. The number of nitrogens with zero attached hydrogens (tertiary/aromatic N) is 4. The van der Waals surface area contributed by atoms with Gasteiger partial charge in [-0.05, 0) is 31.5 Å². The van der Waals surface area contributed by atoms with E-state index in [2.05, 4.69) is 20.5 Å². The molecule has 1 N–H and O–H groups in total. The van der Waals surface area contributed by atoms with Gasteiger partial charge in [0.1, 0.15) is 11.6 Å². The van der Waals surface area contributed by atoms with Crippen LogP contribution in [0.2, 0.25) is 0 Å². The van der Waals surface area contributed by atoms with Gasteiger partial charge in [0, 0.05) is 38.0 Å². The van der Waals surface area contributed by atoms with Crippen LogP contribution in [0.25, 0.3) is 0 Å². The van der Waals surface area contributed by atoms with Gasteiger partial charge in [-0.2, -0.15) is 0 Å². The summed E-state index contributed by atoms with van der Waals surface area (Å²) in [5.74, 6) is -0.622. The van der Waals surface area contributed by atoms with Crippen LogP contribution in [0.5, 0.6) is 0 Å². The highest BCUT2D eigenvalue weighted by atomic mass is 32.1. The number of carbonyl (C=O) groups excluding carboxylic acids is 2. The molecule has 0 aromatic carbocycles. The number of aromatic nitrogens is 3. The molecule has 0 spiro atoms. The maximum atomic E-state index is 12.4. The van der Waals surface area contributed by atoms with Crippen molar-refractivity contribution in [3.63, 3.8) is 0 Å². The molecule has 26 heavy (non-hydrogen) atoms. The topological polar surface area (TPSA) is 97.3 Å². The molecule has 2 amide bonds. The number of carbonyl (C=O) groups is 2. The second kappa shape index (κ2) is 8.33. The first kappa shape index (κ1) is 18.4. The van der Waals surface area contributed by atoms with Crippen LogP contribution < -0.4 is 10.2 Å². The van der Waals surface area contributed by atoms with E-state index in [4.69, 9.17) is 4.74 Å². The fourth-order valence-electron chi connectivity index (χ4n) is 2.72. The van der Waals surface area contributed by atoms with E-state index < -0.39 is 0 Å². The number of anilines is 1. The molecule has 1 saturated heterocycles. The molecule has 2 aromatic heterocycles. The molecular weight excluding hydrogens is 354 g/mol. The highest BCUT2D eigenvalue weighted by Crippen LogP contribution is 2.28. The van der Waals surface area contributed by atoms with Crippen LogP contribution in [-0.2, 0) is 27.5 Å². The van der Waals surface area contributed by atoms with Gasteiger partial charge in [0.05, 0.1) is 5.92 Å². The molecule has 0 radical (unpaired) electrons. The molecule has 3 heterocycles. The summed E-state index contributed by atoms with van der Waals surface area (Å²) in [5.41, 5.74) is 1.88. The van der Waals surface area contributed by atoms with Crippen molar-refractivity contribution in [3.8, 4) is 0 Å². The third-order valence-corrected chi connectivity index (χ3v) is 4.96. The van der Waals surface area contributed by atoms with Crippen LogP contribution >= 0.6 is 11.3 Å². The zero-order valence-corrected chi connectivity index (χ0v) is 15.6. The van der Waals surface area contributed by atoms with Crippen LogP contribution in [0.4, 0.5) is 5.13 Å². The fraction of sp³-hybridized carbons (Fsp3) is 0.471. The molecule has 0 saturated carbocycles. The van der Waals surface area contributed by atoms with Gasteiger partial charge >= 0.3 is 0 Å². The number of pyridine rings is 1. The summed E-state index contributed by atoms with van der Waals surface area (Å²) in [6, 6.07) is 3.79. The Labute approximate surface area is 155 Å². The van der Waals surface area contributed by atoms with E-state index in [1.54, 1.807) is 6.20 Å². The lowest BCUT2D eigenvalue weighted by molar-refractivity contribution is -0.126. The van der Waals surface area contributed by atoms with Gasteiger partial charge in [-0.3, -0.25) is 19.5 Å². The van der Waals surface area contributed by atoms with Gasteiger partial charge in [0.25, 0.3) is 0 Å². The normalized spacial score (nSPS) is 16.9. The first-order chi connectivity index (χ1) is 12.6. The van der Waals surface area contributed by atoms with E-state index in [1.165, 1.54) is 16.2 Å². The van der Waals surface area contributed by atoms with Crippen molar-refractivity contribution in [2.75, 3.05) is 18.1 Å². The standard InChI is InChI=1S/C17H21N5O3S/c1-3-25-10-14-20-21-17(26-14)22-9-13(7-15(22)23)16(24)19-8-12-4-5-18-11(2)6-12/h4-6,13H,3,7-10H2,1-2H3,(H,19,24). The largest absolute Gasteiger partial charge is 0.374 e. The van der Waals surface area contributed by atoms with Crippen molar-refractivity contribution in [1.82, 2.24) is 20.5 Å². The van der Waals surface area contributed by atoms with Crippen molar-refractivity contribution in [2.45, 2.75) is 33.4 Å². The Morgan fingerprint density at radius 3 is 3.08 bits per heavy atom. The number of amides is 2. The number of aryl methyl sites for hydroxylation is 1. The molecule has 1 atom stereocenters. The molecule has 1 aliphatic rings. The minimum atomic E-state index is -0.385. The lowest BCUT2D eigenvalue weighted by Gasteiger charge is -2.12. The van der Waals surface area contributed by atoms with Crippen molar-refractivity contribution < 1.29 is 14.3 Å². The Morgan fingerprint density at radius 1 is 1.46 bits per heavy atom. The lowest BCUT2D eigenvalue weighted by Crippen LogP contribution is -2.32. The number of hydrogen-bond donors (Lipinski definition) is 1. The number of rotatable bonds is 7. The summed E-state index contributed by atoms with van der Waals surface area (Å²) in [5, 5.41) is 12.2.